The number of aromatic nitrogens is 1. The predicted octanol–water partition coefficient (Wildman–Crippen LogP) is 4.44. The Bertz CT molecular complexity index is 365. The Morgan fingerprint density at radius 2 is 1.80 bits per heavy atom. The average Bonchev–Trinajstić information content (AvgIpc) is 2.81. The van der Waals surface area contributed by atoms with Crippen LogP contribution < -0.4 is 0 Å². The van der Waals surface area contributed by atoms with Gasteiger partial charge in [-0.25, -0.2) is 4.98 Å². The molecule has 2 rings (SSSR count). The van der Waals surface area contributed by atoms with E-state index in [0.29, 0.717) is 0 Å². The molecule has 0 fully saturated rings. The molecule has 0 aliphatic heterocycles. The molecule has 2 heteroatoms. The van der Waals surface area contributed by atoms with E-state index in [2.05, 4.69) is 24.0 Å². The molecule has 0 atom stereocenters. The molecule has 1 aromatic heterocycles. The van der Waals surface area contributed by atoms with Gasteiger partial charge in [-0.3, -0.25) is 0 Å². The molecule has 2 nitrogen and oxygen atoms in total. The van der Waals surface area contributed by atoms with Crippen LogP contribution in [-0.2, 0) is 6.42 Å². The normalized spacial score (nSPS) is 8.60. The number of oxazole rings is 1. The number of rotatable bonds is 1. The molecule has 0 aliphatic carbocycles. The Kier molecular flexibility index (Phi) is 7.33. The summed E-state index contributed by atoms with van der Waals surface area (Å²) in [6, 6.07) is 6.08. The van der Waals surface area contributed by atoms with E-state index in [1.165, 1.54) is 12.0 Å². The SMILES string of the molecule is CC.CC.CCc1ccc2ocnc2c1. The summed E-state index contributed by atoms with van der Waals surface area (Å²) in [4.78, 5) is 4.06. The van der Waals surface area contributed by atoms with Gasteiger partial charge in [0.2, 0.25) is 0 Å². The van der Waals surface area contributed by atoms with Crippen LogP contribution in [0.3, 0.4) is 0 Å². The smallest absolute Gasteiger partial charge is 0.181 e. The van der Waals surface area contributed by atoms with Crippen molar-refractivity contribution >= 4 is 11.1 Å². The highest BCUT2D eigenvalue weighted by Gasteiger charge is 1.97. The van der Waals surface area contributed by atoms with E-state index < -0.39 is 0 Å². The van der Waals surface area contributed by atoms with Gasteiger partial charge in [0, 0.05) is 0 Å². The van der Waals surface area contributed by atoms with E-state index in [1.807, 2.05) is 33.8 Å². The van der Waals surface area contributed by atoms with Crippen molar-refractivity contribution in [1.29, 1.82) is 0 Å². The lowest BCUT2D eigenvalue weighted by molar-refractivity contribution is 0.602. The lowest BCUT2D eigenvalue weighted by Gasteiger charge is -1.92. The summed E-state index contributed by atoms with van der Waals surface area (Å²) in [7, 11) is 0. The van der Waals surface area contributed by atoms with Gasteiger partial charge in [-0.15, -0.1) is 0 Å². The standard InChI is InChI=1S/C9H9NO.2C2H6/c1-2-7-3-4-9-8(5-7)10-6-11-9;2*1-2/h3-6H,2H2,1H3;2*1-2H3. The molecule has 0 bridgehead atoms. The maximum Gasteiger partial charge on any atom is 0.181 e. The van der Waals surface area contributed by atoms with Crippen molar-refractivity contribution in [2.75, 3.05) is 0 Å². The summed E-state index contributed by atoms with van der Waals surface area (Å²) in [6.07, 6.45) is 2.52. The predicted molar refractivity (Wildman–Crippen MR) is 66.1 cm³/mol. The Hall–Kier alpha value is -1.31. The van der Waals surface area contributed by atoms with Crippen molar-refractivity contribution in [2.24, 2.45) is 0 Å². The zero-order chi connectivity index (χ0) is 11.7. The van der Waals surface area contributed by atoms with Crippen LogP contribution in [0.2, 0.25) is 0 Å². The van der Waals surface area contributed by atoms with Gasteiger partial charge in [-0.1, -0.05) is 40.7 Å². The van der Waals surface area contributed by atoms with Crippen molar-refractivity contribution < 1.29 is 4.42 Å². The molecular formula is C13H21NO. The van der Waals surface area contributed by atoms with Gasteiger partial charge in [-0.05, 0) is 24.1 Å². The van der Waals surface area contributed by atoms with Crippen LogP contribution in [0, 0.1) is 0 Å². The van der Waals surface area contributed by atoms with Gasteiger partial charge < -0.3 is 4.42 Å². The van der Waals surface area contributed by atoms with Crippen LogP contribution in [0.4, 0.5) is 0 Å². The van der Waals surface area contributed by atoms with Crippen LogP contribution in [-0.4, -0.2) is 4.98 Å². The summed E-state index contributed by atoms with van der Waals surface area (Å²) >= 11 is 0. The molecule has 1 heterocycles. The molecule has 0 saturated heterocycles. The lowest BCUT2D eigenvalue weighted by atomic mass is 10.1. The molecule has 2 aromatic rings. The minimum absolute atomic E-state index is 0.863. The summed E-state index contributed by atoms with van der Waals surface area (Å²) in [5, 5.41) is 0. The highest BCUT2D eigenvalue weighted by Crippen LogP contribution is 2.13. The molecule has 15 heavy (non-hydrogen) atoms. The van der Waals surface area contributed by atoms with Crippen LogP contribution >= 0.6 is 0 Å². The third-order valence-corrected chi connectivity index (χ3v) is 1.80. The van der Waals surface area contributed by atoms with Crippen LogP contribution in [0.1, 0.15) is 40.2 Å². The minimum Gasteiger partial charge on any atom is -0.443 e. The molecule has 0 radical (unpaired) electrons. The Balaban J connectivity index is 0.000000442. The van der Waals surface area contributed by atoms with Gasteiger partial charge in [0.1, 0.15) is 5.52 Å². The fourth-order valence-electron chi connectivity index (χ4n) is 1.12. The molecule has 0 saturated carbocycles. The summed E-state index contributed by atoms with van der Waals surface area (Å²) in [6.45, 7) is 10.1. The first-order valence-corrected chi connectivity index (χ1v) is 5.72. The van der Waals surface area contributed by atoms with Gasteiger partial charge in [0.05, 0.1) is 0 Å². The molecule has 1 aromatic carbocycles. The fourth-order valence-corrected chi connectivity index (χ4v) is 1.12. The molecule has 84 valence electrons. The van der Waals surface area contributed by atoms with E-state index in [0.717, 1.165) is 17.5 Å². The van der Waals surface area contributed by atoms with E-state index in [-0.39, 0.29) is 0 Å². The second kappa shape index (κ2) is 8.04. The Morgan fingerprint density at radius 1 is 1.13 bits per heavy atom. The maximum atomic E-state index is 5.11. The monoisotopic (exact) mass is 207 g/mol. The first kappa shape index (κ1) is 13.7. The van der Waals surface area contributed by atoms with Gasteiger partial charge in [-0.2, -0.15) is 0 Å². The van der Waals surface area contributed by atoms with Crippen molar-refractivity contribution in [1.82, 2.24) is 4.98 Å². The molecule has 0 N–H and O–H groups in total. The first-order chi connectivity index (χ1) is 7.40. The maximum absolute atomic E-state index is 5.11. The van der Waals surface area contributed by atoms with Crippen molar-refractivity contribution in [3.8, 4) is 0 Å². The lowest BCUT2D eigenvalue weighted by Crippen LogP contribution is -1.77. The third kappa shape index (κ3) is 3.74. The summed E-state index contributed by atoms with van der Waals surface area (Å²) in [5.41, 5.74) is 3.11. The van der Waals surface area contributed by atoms with Crippen LogP contribution in [0.15, 0.2) is 29.0 Å². The van der Waals surface area contributed by atoms with Crippen molar-refractivity contribution in [3.05, 3.63) is 30.2 Å². The number of hydrogen-bond acceptors (Lipinski definition) is 2. The van der Waals surface area contributed by atoms with Gasteiger partial charge in [0.25, 0.3) is 0 Å². The fraction of sp³-hybridized carbons (Fsp3) is 0.462. The highest BCUT2D eigenvalue weighted by atomic mass is 16.3. The zero-order valence-electron chi connectivity index (χ0n) is 10.4. The van der Waals surface area contributed by atoms with E-state index in [1.54, 1.807) is 0 Å². The Morgan fingerprint density at radius 3 is 2.40 bits per heavy atom. The van der Waals surface area contributed by atoms with E-state index in [4.69, 9.17) is 4.42 Å². The number of hydrogen-bond donors (Lipinski definition) is 0. The largest absolute Gasteiger partial charge is 0.443 e. The Labute approximate surface area is 92.3 Å². The van der Waals surface area contributed by atoms with Crippen LogP contribution in [0.25, 0.3) is 11.1 Å². The van der Waals surface area contributed by atoms with Crippen molar-refractivity contribution in [3.63, 3.8) is 0 Å². The quantitative estimate of drug-likeness (QED) is 0.690. The minimum atomic E-state index is 0.863. The summed E-state index contributed by atoms with van der Waals surface area (Å²) < 4.78 is 5.11. The van der Waals surface area contributed by atoms with E-state index in [9.17, 15) is 0 Å². The molecule has 0 spiro atoms. The molecular weight excluding hydrogens is 186 g/mol. The summed E-state index contributed by atoms with van der Waals surface area (Å²) in [5.74, 6) is 0. The van der Waals surface area contributed by atoms with Gasteiger partial charge >= 0.3 is 0 Å². The number of fused-ring (bicyclic) bond motifs is 1. The number of aryl methyl sites for hydroxylation is 1. The highest BCUT2D eigenvalue weighted by molar-refractivity contribution is 5.72. The topological polar surface area (TPSA) is 26.0 Å². The number of benzene rings is 1. The van der Waals surface area contributed by atoms with Gasteiger partial charge in [0.15, 0.2) is 12.0 Å². The second-order valence-electron chi connectivity index (χ2n) is 2.51. The zero-order valence-corrected chi connectivity index (χ0v) is 10.4. The number of nitrogens with zero attached hydrogens (tertiary/aromatic N) is 1. The third-order valence-electron chi connectivity index (χ3n) is 1.80. The van der Waals surface area contributed by atoms with E-state index >= 15 is 0 Å². The average molecular weight is 207 g/mol. The molecule has 0 aliphatic rings. The second-order valence-corrected chi connectivity index (χ2v) is 2.51. The molecule has 0 unspecified atom stereocenters. The van der Waals surface area contributed by atoms with Crippen molar-refractivity contribution in [2.45, 2.75) is 41.0 Å². The first-order valence-electron chi connectivity index (χ1n) is 5.72. The van der Waals surface area contributed by atoms with Crippen LogP contribution in [0.5, 0.6) is 0 Å². The molecule has 0 amide bonds.